The zero-order valence-electron chi connectivity index (χ0n) is 10.2. The maximum atomic E-state index is 11.3. The van der Waals surface area contributed by atoms with Gasteiger partial charge in [-0.15, -0.1) is 0 Å². The van der Waals surface area contributed by atoms with Gasteiger partial charge in [0.25, 0.3) is 0 Å². The third kappa shape index (κ3) is 3.66. The van der Waals surface area contributed by atoms with E-state index >= 15 is 0 Å². The van der Waals surface area contributed by atoms with Crippen LogP contribution >= 0.6 is 0 Å². The van der Waals surface area contributed by atoms with Crippen molar-refractivity contribution in [3.05, 3.63) is 35.4 Å². The number of hydrogen-bond donors (Lipinski definition) is 2. The molecule has 0 radical (unpaired) electrons. The molecule has 0 saturated heterocycles. The van der Waals surface area contributed by atoms with Crippen molar-refractivity contribution in [2.45, 2.75) is 39.3 Å². The molecular formula is C13H20N2O. The van der Waals surface area contributed by atoms with Gasteiger partial charge in [0, 0.05) is 6.54 Å². The fourth-order valence-electron chi connectivity index (χ4n) is 1.37. The average Bonchev–Trinajstić information content (AvgIpc) is 2.26. The van der Waals surface area contributed by atoms with Crippen LogP contribution in [0.4, 0.5) is 0 Å². The van der Waals surface area contributed by atoms with E-state index in [4.69, 9.17) is 5.73 Å². The summed E-state index contributed by atoms with van der Waals surface area (Å²) in [7, 11) is 0. The predicted octanol–water partition coefficient (Wildman–Crippen LogP) is 1.77. The van der Waals surface area contributed by atoms with Crippen molar-refractivity contribution in [1.82, 2.24) is 5.32 Å². The van der Waals surface area contributed by atoms with E-state index in [1.165, 1.54) is 5.56 Å². The Kier molecular flexibility index (Phi) is 4.50. The first-order valence-corrected chi connectivity index (χ1v) is 5.63. The van der Waals surface area contributed by atoms with Crippen LogP contribution < -0.4 is 11.1 Å². The van der Waals surface area contributed by atoms with Gasteiger partial charge in [0.05, 0.1) is 6.04 Å². The van der Waals surface area contributed by atoms with Crippen LogP contribution in [-0.2, 0) is 11.3 Å². The summed E-state index contributed by atoms with van der Waals surface area (Å²) in [5, 5.41) is 2.78. The van der Waals surface area contributed by atoms with Gasteiger partial charge in [-0.2, -0.15) is 0 Å². The van der Waals surface area contributed by atoms with Crippen LogP contribution in [0.15, 0.2) is 24.3 Å². The highest BCUT2D eigenvalue weighted by molar-refractivity contribution is 5.80. The van der Waals surface area contributed by atoms with E-state index < -0.39 is 6.04 Å². The molecule has 0 aliphatic rings. The molecule has 0 spiro atoms. The highest BCUT2D eigenvalue weighted by Gasteiger charge is 2.06. The van der Waals surface area contributed by atoms with E-state index in [0.29, 0.717) is 12.5 Å². The maximum Gasteiger partial charge on any atom is 0.236 e. The molecule has 1 unspecified atom stereocenters. The number of nitrogens with two attached hydrogens (primary N) is 1. The van der Waals surface area contributed by atoms with Crippen LogP contribution in [-0.4, -0.2) is 11.9 Å². The Morgan fingerprint density at radius 2 is 1.81 bits per heavy atom. The molecule has 0 aromatic heterocycles. The first-order chi connectivity index (χ1) is 7.50. The second-order valence-electron chi connectivity index (χ2n) is 4.40. The monoisotopic (exact) mass is 220 g/mol. The van der Waals surface area contributed by atoms with Crippen LogP contribution in [0.2, 0.25) is 0 Å². The fourth-order valence-corrected chi connectivity index (χ4v) is 1.37. The number of hydrogen-bond acceptors (Lipinski definition) is 2. The number of carbonyl (C=O) groups is 1. The number of nitrogens with one attached hydrogen (secondary N) is 1. The Balaban J connectivity index is 2.53. The molecule has 0 bridgehead atoms. The molecule has 0 aliphatic heterocycles. The molecule has 16 heavy (non-hydrogen) atoms. The van der Waals surface area contributed by atoms with Crippen molar-refractivity contribution >= 4 is 5.91 Å². The summed E-state index contributed by atoms with van der Waals surface area (Å²) in [6.45, 7) is 6.54. The van der Waals surface area contributed by atoms with Crippen molar-refractivity contribution < 1.29 is 4.79 Å². The molecule has 3 N–H and O–H groups in total. The van der Waals surface area contributed by atoms with Crippen molar-refractivity contribution in [3.8, 4) is 0 Å². The quantitative estimate of drug-likeness (QED) is 0.812. The van der Waals surface area contributed by atoms with Gasteiger partial charge in [-0.25, -0.2) is 0 Å². The fraction of sp³-hybridized carbons (Fsp3) is 0.462. The van der Waals surface area contributed by atoms with E-state index in [1.807, 2.05) is 12.1 Å². The Hall–Kier alpha value is -1.35. The lowest BCUT2D eigenvalue weighted by Crippen LogP contribution is -2.37. The highest BCUT2D eigenvalue weighted by atomic mass is 16.2. The number of amides is 1. The van der Waals surface area contributed by atoms with Gasteiger partial charge in [-0.05, 0) is 24.0 Å². The summed E-state index contributed by atoms with van der Waals surface area (Å²) >= 11 is 0. The summed E-state index contributed by atoms with van der Waals surface area (Å²) in [5.41, 5.74) is 7.86. The van der Waals surface area contributed by atoms with Gasteiger partial charge in [0.15, 0.2) is 0 Å². The third-order valence-corrected chi connectivity index (χ3v) is 2.53. The number of carbonyl (C=O) groups excluding carboxylic acids is 1. The van der Waals surface area contributed by atoms with E-state index in [-0.39, 0.29) is 5.91 Å². The first kappa shape index (κ1) is 12.7. The SMILES string of the molecule is CC(N)C(=O)NCc1ccc(C(C)C)cc1. The lowest BCUT2D eigenvalue weighted by Gasteiger charge is -2.09. The molecule has 1 atom stereocenters. The van der Waals surface area contributed by atoms with Gasteiger partial charge >= 0.3 is 0 Å². The van der Waals surface area contributed by atoms with Gasteiger partial charge in [-0.1, -0.05) is 38.1 Å². The highest BCUT2D eigenvalue weighted by Crippen LogP contribution is 2.14. The number of benzene rings is 1. The largest absolute Gasteiger partial charge is 0.351 e. The van der Waals surface area contributed by atoms with Gasteiger partial charge in [0.2, 0.25) is 5.91 Å². The zero-order chi connectivity index (χ0) is 12.1. The van der Waals surface area contributed by atoms with Crippen LogP contribution in [0.5, 0.6) is 0 Å². The Bertz CT molecular complexity index is 341. The average molecular weight is 220 g/mol. The predicted molar refractivity (Wildman–Crippen MR) is 66.0 cm³/mol. The Morgan fingerprint density at radius 1 is 1.25 bits per heavy atom. The van der Waals surface area contributed by atoms with Gasteiger partial charge < -0.3 is 11.1 Å². The van der Waals surface area contributed by atoms with E-state index in [0.717, 1.165) is 5.56 Å². The van der Waals surface area contributed by atoms with Crippen LogP contribution in [0, 0.1) is 0 Å². The van der Waals surface area contributed by atoms with Crippen LogP contribution in [0.25, 0.3) is 0 Å². The molecule has 0 saturated carbocycles. The third-order valence-electron chi connectivity index (χ3n) is 2.53. The molecule has 1 aromatic rings. The first-order valence-electron chi connectivity index (χ1n) is 5.63. The summed E-state index contributed by atoms with van der Waals surface area (Å²) < 4.78 is 0. The molecular weight excluding hydrogens is 200 g/mol. The summed E-state index contributed by atoms with van der Waals surface area (Å²) in [4.78, 5) is 11.3. The van der Waals surface area contributed by atoms with Crippen molar-refractivity contribution in [2.75, 3.05) is 0 Å². The summed E-state index contributed by atoms with van der Waals surface area (Å²) in [5.74, 6) is 0.417. The van der Waals surface area contributed by atoms with Gasteiger partial charge in [-0.3, -0.25) is 4.79 Å². The zero-order valence-corrected chi connectivity index (χ0v) is 10.2. The lowest BCUT2D eigenvalue weighted by atomic mass is 10.0. The van der Waals surface area contributed by atoms with Crippen LogP contribution in [0.3, 0.4) is 0 Å². The Morgan fingerprint density at radius 3 is 2.25 bits per heavy atom. The van der Waals surface area contributed by atoms with E-state index in [1.54, 1.807) is 6.92 Å². The minimum atomic E-state index is -0.449. The second-order valence-corrected chi connectivity index (χ2v) is 4.40. The van der Waals surface area contributed by atoms with E-state index in [2.05, 4.69) is 31.3 Å². The molecule has 0 aliphatic carbocycles. The molecule has 1 aromatic carbocycles. The summed E-state index contributed by atoms with van der Waals surface area (Å²) in [6.07, 6.45) is 0. The molecule has 0 heterocycles. The normalized spacial score (nSPS) is 12.6. The standard InChI is InChI=1S/C13H20N2O/c1-9(2)12-6-4-11(5-7-12)8-15-13(16)10(3)14/h4-7,9-10H,8,14H2,1-3H3,(H,15,16). The second kappa shape index (κ2) is 5.66. The minimum Gasteiger partial charge on any atom is -0.351 e. The number of rotatable bonds is 4. The van der Waals surface area contributed by atoms with Crippen molar-refractivity contribution in [3.63, 3.8) is 0 Å². The Labute approximate surface area is 97.0 Å². The van der Waals surface area contributed by atoms with Crippen molar-refractivity contribution in [2.24, 2.45) is 5.73 Å². The molecule has 88 valence electrons. The van der Waals surface area contributed by atoms with E-state index in [9.17, 15) is 4.79 Å². The molecule has 1 rings (SSSR count). The lowest BCUT2D eigenvalue weighted by molar-refractivity contribution is -0.122. The van der Waals surface area contributed by atoms with Gasteiger partial charge in [0.1, 0.15) is 0 Å². The smallest absolute Gasteiger partial charge is 0.236 e. The molecule has 3 nitrogen and oxygen atoms in total. The maximum absolute atomic E-state index is 11.3. The summed E-state index contributed by atoms with van der Waals surface area (Å²) in [6, 6.07) is 7.82. The molecule has 0 fully saturated rings. The van der Waals surface area contributed by atoms with Crippen LogP contribution in [0.1, 0.15) is 37.8 Å². The minimum absolute atomic E-state index is 0.118. The topological polar surface area (TPSA) is 55.1 Å². The molecule has 1 amide bonds. The molecule has 3 heteroatoms. The van der Waals surface area contributed by atoms with Crippen molar-refractivity contribution in [1.29, 1.82) is 0 Å².